The van der Waals surface area contributed by atoms with E-state index in [0.717, 1.165) is 9.99 Å². The Kier molecular flexibility index (Phi) is 4.43. The molecule has 2 aromatic carbocycles. The van der Waals surface area contributed by atoms with Crippen LogP contribution in [0.2, 0.25) is 10.0 Å². The topological polar surface area (TPSA) is 62.0 Å². The number of anilines is 1. The van der Waals surface area contributed by atoms with Gasteiger partial charge in [0.05, 0.1) is 21.3 Å². The molecular formula is C16H9BrCl2N2O2. The van der Waals surface area contributed by atoms with Crippen molar-refractivity contribution < 1.29 is 9.59 Å². The van der Waals surface area contributed by atoms with Crippen molar-refractivity contribution in [2.75, 3.05) is 5.32 Å². The number of hydrogen-bond donors (Lipinski definition) is 2. The molecule has 116 valence electrons. The van der Waals surface area contributed by atoms with Gasteiger partial charge in [0, 0.05) is 21.6 Å². The lowest BCUT2D eigenvalue weighted by atomic mass is 10.1. The van der Waals surface area contributed by atoms with Gasteiger partial charge in [-0.05, 0) is 30.3 Å². The maximum absolute atomic E-state index is 12.4. The fraction of sp³-hybridized carbons (Fsp3) is 0. The number of rotatable bonds is 3. The van der Waals surface area contributed by atoms with Crippen LogP contribution in [-0.4, -0.2) is 16.7 Å². The number of Topliss-reactive ketones (excluding diaryl/α,β-unsaturated/α-hetero) is 1. The summed E-state index contributed by atoms with van der Waals surface area (Å²) >= 11 is 15.3. The van der Waals surface area contributed by atoms with Gasteiger partial charge in [0.15, 0.2) is 0 Å². The lowest BCUT2D eigenvalue weighted by Crippen LogP contribution is -2.23. The number of carbonyl (C=O) groups is 2. The van der Waals surface area contributed by atoms with E-state index in [-0.39, 0.29) is 21.3 Å². The Morgan fingerprint density at radius 2 is 1.78 bits per heavy atom. The molecule has 3 aromatic rings. The minimum Gasteiger partial charge on any atom is -0.360 e. The van der Waals surface area contributed by atoms with Crippen LogP contribution in [0.5, 0.6) is 0 Å². The van der Waals surface area contributed by atoms with Gasteiger partial charge in [-0.3, -0.25) is 9.59 Å². The summed E-state index contributed by atoms with van der Waals surface area (Å²) in [6, 6.07) is 10.2. The van der Waals surface area contributed by atoms with Crippen LogP contribution in [0.25, 0.3) is 10.9 Å². The number of para-hydroxylation sites is 1. The molecule has 1 aromatic heterocycles. The van der Waals surface area contributed by atoms with E-state index in [1.54, 1.807) is 24.3 Å². The van der Waals surface area contributed by atoms with Crippen molar-refractivity contribution >= 4 is 67.4 Å². The molecule has 4 nitrogen and oxygen atoms in total. The van der Waals surface area contributed by atoms with Crippen LogP contribution in [0.4, 0.5) is 5.69 Å². The molecule has 7 heteroatoms. The first-order valence-corrected chi connectivity index (χ1v) is 8.08. The molecule has 1 amide bonds. The van der Waals surface area contributed by atoms with Crippen LogP contribution in [0, 0.1) is 0 Å². The van der Waals surface area contributed by atoms with Gasteiger partial charge in [-0.15, -0.1) is 0 Å². The Balaban J connectivity index is 1.93. The van der Waals surface area contributed by atoms with E-state index in [2.05, 4.69) is 26.2 Å². The second-order valence-corrected chi connectivity index (χ2v) is 6.50. The molecular weight excluding hydrogens is 403 g/mol. The molecule has 0 aliphatic carbocycles. The molecule has 23 heavy (non-hydrogen) atoms. The number of carbonyl (C=O) groups excluding carboxylic acids is 2. The van der Waals surface area contributed by atoms with Crippen molar-refractivity contribution in [3.63, 3.8) is 0 Å². The molecule has 0 saturated heterocycles. The first kappa shape index (κ1) is 16.1. The van der Waals surface area contributed by atoms with E-state index in [0.29, 0.717) is 5.39 Å². The Labute approximate surface area is 149 Å². The highest BCUT2D eigenvalue weighted by Crippen LogP contribution is 2.30. The minimum atomic E-state index is -0.805. The van der Waals surface area contributed by atoms with Gasteiger partial charge in [0.25, 0.3) is 11.7 Å². The molecule has 0 fully saturated rings. The summed E-state index contributed by atoms with van der Waals surface area (Å²) < 4.78 is 0.813. The third-order valence-corrected chi connectivity index (χ3v) is 4.42. The smallest absolute Gasteiger partial charge is 0.296 e. The van der Waals surface area contributed by atoms with E-state index in [9.17, 15) is 9.59 Å². The Hall–Kier alpha value is -1.82. The fourth-order valence-electron chi connectivity index (χ4n) is 2.19. The lowest BCUT2D eigenvalue weighted by Gasteiger charge is -2.08. The molecule has 0 bridgehead atoms. The Bertz CT molecular complexity index is 917. The monoisotopic (exact) mass is 410 g/mol. The van der Waals surface area contributed by atoms with Crippen LogP contribution in [-0.2, 0) is 4.79 Å². The van der Waals surface area contributed by atoms with E-state index < -0.39 is 11.7 Å². The number of halogens is 3. The average molecular weight is 412 g/mol. The first-order valence-electron chi connectivity index (χ1n) is 6.53. The molecule has 0 unspecified atom stereocenters. The van der Waals surface area contributed by atoms with Crippen molar-refractivity contribution in [1.29, 1.82) is 0 Å². The van der Waals surface area contributed by atoms with Crippen LogP contribution in [0.3, 0.4) is 0 Å². The molecule has 0 aliphatic heterocycles. The van der Waals surface area contributed by atoms with Crippen molar-refractivity contribution in [1.82, 2.24) is 4.98 Å². The summed E-state index contributed by atoms with van der Waals surface area (Å²) in [7, 11) is 0. The summed E-state index contributed by atoms with van der Waals surface area (Å²) in [5.74, 6) is -1.48. The average Bonchev–Trinajstić information content (AvgIpc) is 2.93. The molecule has 0 saturated carbocycles. The van der Waals surface area contributed by atoms with E-state index in [4.69, 9.17) is 23.2 Å². The summed E-state index contributed by atoms with van der Waals surface area (Å²) in [6.07, 6.45) is 1.51. The highest BCUT2D eigenvalue weighted by molar-refractivity contribution is 9.10. The third kappa shape index (κ3) is 3.13. The van der Waals surface area contributed by atoms with Gasteiger partial charge in [0.1, 0.15) is 0 Å². The predicted octanol–water partition coefficient (Wildman–Crippen LogP) is 5.06. The van der Waals surface area contributed by atoms with E-state index in [1.807, 2.05) is 12.1 Å². The number of fused-ring (bicyclic) bond motifs is 1. The molecule has 0 atom stereocenters. The molecule has 0 radical (unpaired) electrons. The van der Waals surface area contributed by atoms with Gasteiger partial charge in [-0.25, -0.2) is 0 Å². The number of hydrogen-bond acceptors (Lipinski definition) is 2. The quantitative estimate of drug-likeness (QED) is 0.467. The van der Waals surface area contributed by atoms with Crippen molar-refractivity contribution in [3.8, 4) is 0 Å². The number of aromatic nitrogens is 1. The number of ketones is 1. The Morgan fingerprint density at radius 1 is 1.09 bits per heavy atom. The molecule has 1 heterocycles. The number of H-pyrrole nitrogens is 1. The molecule has 2 N–H and O–H groups in total. The predicted molar refractivity (Wildman–Crippen MR) is 95.4 cm³/mol. The minimum absolute atomic E-state index is 0.218. The Morgan fingerprint density at radius 3 is 2.48 bits per heavy atom. The maximum Gasteiger partial charge on any atom is 0.296 e. The maximum atomic E-state index is 12.4. The SMILES string of the molecule is O=C(Nc1c(Cl)cccc1Cl)C(=O)c1c[nH]c2ccc(Br)cc12. The number of aromatic amines is 1. The number of nitrogens with one attached hydrogen (secondary N) is 2. The second kappa shape index (κ2) is 6.35. The zero-order chi connectivity index (χ0) is 16.6. The van der Waals surface area contributed by atoms with Crippen molar-refractivity contribution in [3.05, 3.63) is 62.7 Å². The van der Waals surface area contributed by atoms with Crippen molar-refractivity contribution in [2.24, 2.45) is 0 Å². The van der Waals surface area contributed by atoms with Crippen LogP contribution >= 0.6 is 39.1 Å². The summed E-state index contributed by atoms with van der Waals surface area (Å²) in [5.41, 5.74) is 1.26. The second-order valence-electron chi connectivity index (χ2n) is 4.77. The summed E-state index contributed by atoms with van der Waals surface area (Å²) in [6.45, 7) is 0. The van der Waals surface area contributed by atoms with E-state index >= 15 is 0 Å². The van der Waals surface area contributed by atoms with E-state index in [1.165, 1.54) is 6.20 Å². The third-order valence-electron chi connectivity index (χ3n) is 3.30. The van der Waals surface area contributed by atoms with Crippen LogP contribution in [0.15, 0.2) is 47.1 Å². The molecule has 0 aliphatic rings. The lowest BCUT2D eigenvalue weighted by molar-refractivity contribution is -0.112. The first-order chi connectivity index (χ1) is 11.0. The zero-order valence-electron chi connectivity index (χ0n) is 11.5. The standard InChI is InChI=1S/C16H9BrCl2N2O2/c17-8-4-5-13-9(6-8)10(7-20-13)15(22)16(23)21-14-11(18)2-1-3-12(14)19/h1-7,20H,(H,21,23). The van der Waals surface area contributed by atoms with Crippen LogP contribution in [0.1, 0.15) is 10.4 Å². The van der Waals surface area contributed by atoms with Gasteiger partial charge < -0.3 is 10.3 Å². The number of amides is 1. The van der Waals surface area contributed by atoms with Crippen molar-refractivity contribution in [2.45, 2.75) is 0 Å². The van der Waals surface area contributed by atoms with Gasteiger partial charge in [-0.2, -0.15) is 0 Å². The molecule has 3 rings (SSSR count). The molecule has 0 spiro atoms. The normalized spacial score (nSPS) is 10.7. The highest BCUT2D eigenvalue weighted by Gasteiger charge is 2.21. The highest BCUT2D eigenvalue weighted by atomic mass is 79.9. The van der Waals surface area contributed by atoms with Gasteiger partial charge >= 0.3 is 0 Å². The zero-order valence-corrected chi connectivity index (χ0v) is 14.6. The number of benzene rings is 2. The summed E-state index contributed by atoms with van der Waals surface area (Å²) in [4.78, 5) is 27.6. The fourth-order valence-corrected chi connectivity index (χ4v) is 3.04. The summed E-state index contributed by atoms with van der Waals surface area (Å²) in [5, 5.41) is 3.65. The largest absolute Gasteiger partial charge is 0.360 e. The van der Waals surface area contributed by atoms with Gasteiger partial charge in [0.2, 0.25) is 0 Å². The van der Waals surface area contributed by atoms with Gasteiger partial charge in [-0.1, -0.05) is 45.2 Å². The van der Waals surface area contributed by atoms with Crippen LogP contribution < -0.4 is 5.32 Å².